The van der Waals surface area contributed by atoms with Crippen LogP contribution in [0, 0.1) is 23.7 Å². The molecule has 0 aliphatic carbocycles. The summed E-state index contributed by atoms with van der Waals surface area (Å²) >= 11 is 0. The molecule has 1 aromatic heterocycles. The Morgan fingerprint density at radius 2 is 2.18 bits per heavy atom. The predicted octanol–water partition coefficient (Wildman–Crippen LogP) is 2.51. The minimum Gasteiger partial charge on any atom is -0.490 e. The Labute approximate surface area is 99.7 Å². The normalized spacial score (nSPS) is 9.53. The zero-order valence-electron chi connectivity index (χ0n) is 9.18. The predicted molar refractivity (Wildman–Crippen MR) is 65.4 cm³/mol. The van der Waals surface area contributed by atoms with Gasteiger partial charge in [-0.3, -0.25) is 4.98 Å². The topological polar surface area (TPSA) is 45.9 Å². The highest BCUT2D eigenvalue weighted by molar-refractivity contribution is 5.87. The SMILES string of the molecule is C#CCCOc1c(C#N)cnc2ccccc12. The van der Waals surface area contributed by atoms with Gasteiger partial charge >= 0.3 is 0 Å². The molecule has 0 aliphatic heterocycles. The lowest BCUT2D eigenvalue weighted by Gasteiger charge is -2.09. The molecule has 0 bridgehead atoms. The number of nitriles is 1. The third-order valence-electron chi connectivity index (χ3n) is 2.34. The number of aromatic nitrogens is 1. The van der Waals surface area contributed by atoms with E-state index in [4.69, 9.17) is 16.4 Å². The number of pyridine rings is 1. The maximum atomic E-state index is 9.02. The lowest BCUT2D eigenvalue weighted by Crippen LogP contribution is -1.99. The van der Waals surface area contributed by atoms with Gasteiger partial charge in [-0.15, -0.1) is 12.3 Å². The molecule has 0 spiro atoms. The van der Waals surface area contributed by atoms with Gasteiger partial charge < -0.3 is 4.74 Å². The van der Waals surface area contributed by atoms with Gasteiger partial charge in [-0.25, -0.2) is 0 Å². The summed E-state index contributed by atoms with van der Waals surface area (Å²) < 4.78 is 5.58. The number of nitrogens with zero attached hydrogens (tertiary/aromatic N) is 2. The molecular formula is C14H10N2O. The lowest BCUT2D eigenvalue weighted by molar-refractivity contribution is 0.330. The summed E-state index contributed by atoms with van der Waals surface area (Å²) in [7, 11) is 0. The minimum absolute atomic E-state index is 0.402. The molecule has 0 atom stereocenters. The molecule has 1 aromatic carbocycles. The van der Waals surface area contributed by atoms with Crippen molar-refractivity contribution in [2.45, 2.75) is 6.42 Å². The van der Waals surface area contributed by atoms with Crippen LogP contribution in [0.3, 0.4) is 0 Å². The average Bonchev–Trinajstić information content (AvgIpc) is 2.39. The monoisotopic (exact) mass is 222 g/mol. The summed E-state index contributed by atoms with van der Waals surface area (Å²) in [6.07, 6.45) is 7.21. The molecule has 0 N–H and O–H groups in total. The van der Waals surface area contributed by atoms with Crippen LogP contribution in [0.5, 0.6) is 5.75 Å². The molecule has 17 heavy (non-hydrogen) atoms. The summed E-state index contributed by atoms with van der Waals surface area (Å²) in [5.41, 5.74) is 1.24. The number of ether oxygens (including phenoxy) is 1. The Morgan fingerprint density at radius 3 is 2.94 bits per heavy atom. The van der Waals surface area contributed by atoms with Gasteiger partial charge in [-0.1, -0.05) is 12.1 Å². The van der Waals surface area contributed by atoms with E-state index >= 15 is 0 Å². The summed E-state index contributed by atoms with van der Waals surface area (Å²) in [4.78, 5) is 4.20. The molecule has 1 heterocycles. The van der Waals surface area contributed by atoms with Gasteiger partial charge in [0.1, 0.15) is 17.4 Å². The molecule has 0 saturated carbocycles. The molecule has 0 radical (unpaired) electrons. The first-order chi connectivity index (χ1) is 8.36. The van der Waals surface area contributed by atoms with Crippen LogP contribution in [-0.2, 0) is 0 Å². The van der Waals surface area contributed by atoms with Gasteiger partial charge in [0.2, 0.25) is 0 Å². The summed E-state index contributed by atoms with van der Waals surface area (Å²) in [5.74, 6) is 3.06. The number of hydrogen-bond donors (Lipinski definition) is 0. The van der Waals surface area contributed by atoms with Crippen LogP contribution in [0.2, 0.25) is 0 Å². The van der Waals surface area contributed by atoms with Crippen molar-refractivity contribution < 1.29 is 4.74 Å². The van der Waals surface area contributed by atoms with Gasteiger partial charge in [0.15, 0.2) is 0 Å². The van der Waals surface area contributed by atoms with Gasteiger partial charge in [0.25, 0.3) is 0 Å². The van der Waals surface area contributed by atoms with E-state index in [1.54, 1.807) is 0 Å². The summed E-state index contributed by atoms with van der Waals surface area (Å²) in [6.45, 7) is 0.402. The van der Waals surface area contributed by atoms with E-state index in [2.05, 4.69) is 17.0 Å². The highest BCUT2D eigenvalue weighted by Gasteiger charge is 2.09. The molecular weight excluding hydrogens is 212 g/mol. The van der Waals surface area contributed by atoms with Crippen LogP contribution >= 0.6 is 0 Å². The Bertz CT molecular complexity index is 620. The minimum atomic E-state index is 0.402. The van der Waals surface area contributed by atoms with E-state index in [1.165, 1.54) is 6.20 Å². The highest BCUT2D eigenvalue weighted by atomic mass is 16.5. The smallest absolute Gasteiger partial charge is 0.148 e. The van der Waals surface area contributed by atoms with Crippen molar-refractivity contribution in [2.75, 3.05) is 6.61 Å². The molecule has 0 unspecified atom stereocenters. The molecule has 2 rings (SSSR count). The van der Waals surface area contributed by atoms with E-state index in [0.717, 1.165) is 10.9 Å². The number of fused-ring (bicyclic) bond motifs is 1. The third kappa shape index (κ3) is 2.19. The Morgan fingerprint density at radius 1 is 1.35 bits per heavy atom. The van der Waals surface area contributed by atoms with Crippen molar-refractivity contribution in [1.29, 1.82) is 5.26 Å². The van der Waals surface area contributed by atoms with Gasteiger partial charge in [0, 0.05) is 18.0 Å². The van der Waals surface area contributed by atoms with Crippen LogP contribution in [0.15, 0.2) is 30.5 Å². The quantitative estimate of drug-likeness (QED) is 0.592. The fourth-order valence-corrected chi connectivity index (χ4v) is 1.56. The van der Waals surface area contributed by atoms with Crippen molar-refractivity contribution in [2.24, 2.45) is 0 Å². The van der Waals surface area contributed by atoms with Crippen LogP contribution in [0.1, 0.15) is 12.0 Å². The molecule has 2 aromatic rings. The molecule has 0 fully saturated rings. The average molecular weight is 222 g/mol. The number of para-hydroxylation sites is 1. The number of terminal acetylenes is 1. The highest BCUT2D eigenvalue weighted by Crippen LogP contribution is 2.27. The van der Waals surface area contributed by atoms with Crippen molar-refractivity contribution >= 4 is 10.9 Å². The van der Waals surface area contributed by atoms with Gasteiger partial charge in [-0.05, 0) is 12.1 Å². The van der Waals surface area contributed by atoms with Crippen molar-refractivity contribution in [3.63, 3.8) is 0 Å². The van der Waals surface area contributed by atoms with E-state index in [-0.39, 0.29) is 0 Å². The van der Waals surface area contributed by atoms with Crippen LogP contribution in [0.25, 0.3) is 10.9 Å². The van der Waals surface area contributed by atoms with Crippen molar-refractivity contribution in [3.8, 4) is 24.2 Å². The second kappa shape index (κ2) is 5.01. The molecule has 82 valence electrons. The zero-order valence-corrected chi connectivity index (χ0v) is 9.18. The number of hydrogen-bond acceptors (Lipinski definition) is 3. The summed E-state index contributed by atoms with van der Waals surface area (Å²) in [5, 5.41) is 9.86. The molecule has 3 nitrogen and oxygen atoms in total. The van der Waals surface area contributed by atoms with E-state index in [1.807, 2.05) is 24.3 Å². The number of benzene rings is 1. The van der Waals surface area contributed by atoms with Crippen molar-refractivity contribution in [3.05, 3.63) is 36.0 Å². The van der Waals surface area contributed by atoms with Crippen LogP contribution in [-0.4, -0.2) is 11.6 Å². The van der Waals surface area contributed by atoms with E-state index in [0.29, 0.717) is 24.3 Å². The Kier molecular flexibility index (Phi) is 3.23. The lowest BCUT2D eigenvalue weighted by atomic mass is 10.1. The molecule has 3 heteroatoms. The first kappa shape index (κ1) is 11.0. The second-order valence-electron chi connectivity index (χ2n) is 3.43. The fraction of sp³-hybridized carbons (Fsp3) is 0.143. The second-order valence-corrected chi connectivity index (χ2v) is 3.43. The Hall–Kier alpha value is -2.52. The standard InChI is InChI=1S/C14H10N2O/c1-2-3-8-17-14-11(9-15)10-16-13-7-5-4-6-12(13)14/h1,4-7,10H,3,8H2. The molecule has 0 saturated heterocycles. The van der Waals surface area contributed by atoms with E-state index in [9.17, 15) is 0 Å². The largest absolute Gasteiger partial charge is 0.490 e. The van der Waals surface area contributed by atoms with Crippen molar-refractivity contribution in [1.82, 2.24) is 4.98 Å². The number of rotatable bonds is 3. The third-order valence-corrected chi connectivity index (χ3v) is 2.34. The molecule has 0 aliphatic rings. The van der Waals surface area contributed by atoms with E-state index < -0.39 is 0 Å². The maximum Gasteiger partial charge on any atom is 0.148 e. The first-order valence-corrected chi connectivity index (χ1v) is 5.21. The first-order valence-electron chi connectivity index (χ1n) is 5.21. The van der Waals surface area contributed by atoms with Crippen LogP contribution < -0.4 is 4.74 Å². The fourth-order valence-electron chi connectivity index (χ4n) is 1.56. The van der Waals surface area contributed by atoms with Crippen LogP contribution in [0.4, 0.5) is 0 Å². The zero-order chi connectivity index (χ0) is 12.1. The molecule has 0 amide bonds. The van der Waals surface area contributed by atoms with Gasteiger partial charge in [-0.2, -0.15) is 5.26 Å². The summed E-state index contributed by atoms with van der Waals surface area (Å²) in [6, 6.07) is 9.62. The Balaban J connectivity index is 2.49. The van der Waals surface area contributed by atoms with Gasteiger partial charge in [0.05, 0.1) is 12.1 Å². The maximum absolute atomic E-state index is 9.02.